The van der Waals surface area contributed by atoms with E-state index in [-0.39, 0.29) is 48.4 Å². The zero-order chi connectivity index (χ0) is 17.9. The number of amides is 1. The fraction of sp³-hybridized carbons (Fsp3) is 0.708. The van der Waals surface area contributed by atoms with Crippen molar-refractivity contribution < 1.29 is 26.5 Å². The van der Waals surface area contributed by atoms with Crippen LogP contribution in [0, 0.1) is 32.8 Å². The van der Waals surface area contributed by atoms with Crippen LogP contribution in [0.15, 0.2) is 16.7 Å². The molecule has 0 radical (unpaired) electrons. The van der Waals surface area contributed by atoms with Crippen molar-refractivity contribution in [2.24, 2.45) is 11.8 Å². The van der Waals surface area contributed by atoms with Crippen LogP contribution in [0.5, 0.6) is 0 Å². The summed E-state index contributed by atoms with van der Waals surface area (Å²) in [6.07, 6.45) is 16.8. The number of hydrogen-bond acceptors (Lipinski definition) is 1. The Balaban J connectivity index is -0.000000420. The van der Waals surface area contributed by atoms with Gasteiger partial charge in [-0.2, -0.15) is 11.1 Å². The van der Waals surface area contributed by atoms with Gasteiger partial charge in [-0.15, -0.1) is 6.92 Å². The fourth-order valence-electron chi connectivity index (χ4n) is 3.59. The molecule has 2 rings (SSSR count). The second-order valence-corrected chi connectivity index (χ2v) is 7.62. The summed E-state index contributed by atoms with van der Waals surface area (Å²) in [6, 6.07) is 0. The van der Waals surface area contributed by atoms with E-state index in [1.54, 1.807) is 0 Å². The van der Waals surface area contributed by atoms with Crippen LogP contribution in [0.3, 0.4) is 0 Å². The maximum absolute atomic E-state index is 11.1. The molecule has 1 atom stereocenters. The van der Waals surface area contributed by atoms with Crippen molar-refractivity contribution in [1.82, 2.24) is 0 Å². The van der Waals surface area contributed by atoms with Crippen molar-refractivity contribution >= 4 is 5.91 Å². The molecule has 0 saturated heterocycles. The molecule has 0 heterocycles. The minimum absolute atomic E-state index is 0. The standard InChI is InChI=1S/C13H25NO.C9H13.2CH3.Ti/c14-13(15)12-10-8-6-4-2-1-3-5-7-9-11-12;1-6-5-7(2)9(4)8(6)3;;;/h12H,1-11H2,(H2,14,15);6H,1-4H3;2*1H3;/q;3*-1;+4/p-1. The van der Waals surface area contributed by atoms with Crippen LogP contribution in [0.2, 0.25) is 0 Å². The third kappa shape index (κ3) is 12.7. The van der Waals surface area contributed by atoms with Crippen molar-refractivity contribution in [3.8, 4) is 0 Å². The monoisotopic (exact) mass is 409 g/mol. The largest absolute Gasteiger partial charge is 4.00 e. The Kier molecular flexibility index (Phi) is 20.6. The van der Waals surface area contributed by atoms with Crippen LogP contribution < -0.4 is 0 Å². The quantitative estimate of drug-likeness (QED) is 0.318. The minimum atomic E-state index is -0.327. The van der Waals surface area contributed by atoms with Gasteiger partial charge in [-0.1, -0.05) is 84.5 Å². The van der Waals surface area contributed by atoms with E-state index in [9.17, 15) is 4.79 Å². The molecular formula is C24H43NOTi. The molecule has 0 aromatic carbocycles. The summed E-state index contributed by atoms with van der Waals surface area (Å²) in [5.74, 6) is 0.279. The molecule has 1 amide bonds. The Morgan fingerprint density at radius 2 is 1.22 bits per heavy atom. The van der Waals surface area contributed by atoms with Crippen molar-refractivity contribution in [1.29, 1.82) is 0 Å². The van der Waals surface area contributed by atoms with Gasteiger partial charge in [-0.3, -0.25) is 6.08 Å². The van der Waals surface area contributed by atoms with Crippen molar-refractivity contribution in [2.75, 3.05) is 0 Å². The summed E-state index contributed by atoms with van der Waals surface area (Å²) in [6.45, 7) is 8.67. The first-order chi connectivity index (χ1) is 11.4. The second-order valence-electron chi connectivity index (χ2n) is 7.62. The maximum atomic E-state index is 11.1. The van der Waals surface area contributed by atoms with E-state index in [0.29, 0.717) is 5.92 Å². The summed E-state index contributed by atoms with van der Waals surface area (Å²) in [5.41, 5.74) is 11.5. The molecule has 154 valence electrons. The zero-order valence-corrected chi connectivity index (χ0v) is 20.4. The van der Waals surface area contributed by atoms with Gasteiger partial charge in [0.25, 0.3) is 0 Å². The molecule has 2 aliphatic rings. The van der Waals surface area contributed by atoms with Crippen LogP contribution in [0.1, 0.15) is 98.3 Å². The second kappa shape index (κ2) is 17.7. The predicted octanol–water partition coefficient (Wildman–Crippen LogP) is 8.11. The molecular weight excluding hydrogens is 366 g/mol. The zero-order valence-electron chi connectivity index (χ0n) is 18.8. The fourth-order valence-corrected chi connectivity index (χ4v) is 3.59. The Hall–Kier alpha value is -0.336. The Morgan fingerprint density at radius 3 is 1.44 bits per heavy atom. The summed E-state index contributed by atoms with van der Waals surface area (Å²) in [5, 5.41) is 0. The van der Waals surface area contributed by atoms with Gasteiger partial charge in [0.1, 0.15) is 0 Å². The summed E-state index contributed by atoms with van der Waals surface area (Å²) < 4.78 is 0. The molecule has 1 unspecified atom stereocenters. The van der Waals surface area contributed by atoms with Gasteiger partial charge in [0.15, 0.2) is 0 Å². The third-order valence-corrected chi connectivity index (χ3v) is 5.71. The van der Waals surface area contributed by atoms with Gasteiger partial charge in [-0.25, -0.2) is 5.57 Å². The van der Waals surface area contributed by atoms with Gasteiger partial charge in [-0.05, 0) is 12.8 Å². The molecule has 0 bridgehead atoms. The van der Waals surface area contributed by atoms with E-state index in [2.05, 4.69) is 33.8 Å². The number of rotatable bonds is 1. The Bertz CT molecular complexity index is 441. The average Bonchev–Trinajstić information content (AvgIpc) is 2.74. The molecule has 0 aliphatic heterocycles. The van der Waals surface area contributed by atoms with Crippen molar-refractivity contribution in [2.45, 2.75) is 98.3 Å². The first-order valence-electron chi connectivity index (χ1n) is 9.96. The van der Waals surface area contributed by atoms with Gasteiger partial charge >= 0.3 is 21.7 Å². The van der Waals surface area contributed by atoms with E-state index < -0.39 is 0 Å². The first-order valence-corrected chi connectivity index (χ1v) is 9.96. The molecule has 2 nitrogen and oxygen atoms in total. The molecule has 2 aliphatic carbocycles. The molecule has 0 aromatic heterocycles. The SMILES string of the molecule is CC1=[C-]C(C)C(C)=C1C.[CH3-].[CH3-].[NH-]C(=O)C1CCCCCCCCCCC1.[Ti+4]. The van der Waals surface area contributed by atoms with Gasteiger partial charge in [0.05, 0.1) is 5.91 Å². The van der Waals surface area contributed by atoms with E-state index >= 15 is 0 Å². The van der Waals surface area contributed by atoms with Crippen LogP contribution in [0.4, 0.5) is 0 Å². The van der Waals surface area contributed by atoms with Crippen LogP contribution in [-0.2, 0) is 26.5 Å². The molecule has 27 heavy (non-hydrogen) atoms. The van der Waals surface area contributed by atoms with Gasteiger partial charge < -0.3 is 25.4 Å². The number of carbonyl (C=O) groups excluding carboxylic acids is 1. The summed E-state index contributed by atoms with van der Waals surface area (Å²) in [4.78, 5) is 11.1. The Labute approximate surface area is 185 Å². The van der Waals surface area contributed by atoms with E-state index in [1.165, 1.54) is 61.7 Å². The first kappa shape index (κ1) is 31.4. The minimum Gasteiger partial charge on any atom is -0.668 e. The predicted molar refractivity (Wildman–Crippen MR) is 116 cm³/mol. The Morgan fingerprint density at radius 1 is 0.852 bits per heavy atom. The number of allylic oxidation sites excluding steroid dienone is 4. The van der Waals surface area contributed by atoms with Gasteiger partial charge in [0.2, 0.25) is 0 Å². The smallest absolute Gasteiger partial charge is 0.668 e. The average molecular weight is 409 g/mol. The van der Waals surface area contributed by atoms with E-state index in [4.69, 9.17) is 5.73 Å². The molecule has 0 spiro atoms. The van der Waals surface area contributed by atoms with E-state index in [0.717, 1.165) is 25.7 Å². The molecule has 0 aromatic rings. The van der Waals surface area contributed by atoms with Crippen LogP contribution in [-0.4, -0.2) is 5.91 Å². The normalized spacial score (nSPS) is 21.6. The van der Waals surface area contributed by atoms with Crippen LogP contribution in [0.25, 0.3) is 5.73 Å². The molecule has 1 fully saturated rings. The maximum Gasteiger partial charge on any atom is 4.00 e. The topological polar surface area (TPSA) is 40.9 Å². The molecule has 1 N–H and O–H groups in total. The number of carbonyl (C=O) groups is 1. The summed E-state index contributed by atoms with van der Waals surface area (Å²) in [7, 11) is 0. The molecule has 1 saturated carbocycles. The van der Waals surface area contributed by atoms with Gasteiger partial charge in [0, 0.05) is 5.92 Å². The van der Waals surface area contributed by atoms with Crippen molar-refractivity contribution in [3.05, 3.63) is 43.4 Å². The van der Waals surface area contributed by atoms with E-state index in [1.807, 2.05) is 0 Å². The van der Waals surface area contributed by atoms with Crippen LogP contribution >= 0.6 is 0 Å². The number of nitrogens with one attached hydrogen (secondary N) is 1. The van der Waals surface area contributed by atoms with Crippen molar-refractivity contribution in [3.63, 3.8) is 0 Å². The molecule has 3 heteroatoms. The summed E-state index contributed by atoms with van der Waals surface area (Å²) >= 11 is 0. The number of hydrogen-bond donors (Lipinski definition) is 0. The third-order valence-electron chi connectivity index (χ3n) is 5.71.